The molecule has 0 bridgehead atoms. The lowest BCUT2D eigenvalue weighted by molar-refractivity contribution is 0.0953. The van der Waals surface area contributed by atoms with Gasteiger partial charge in [0.25, 0.3) is 5.91 Å². The van der Waals surface area contributed by atoms with Gasteiger partial charge in [-0.1, -0.05) is 24.3 Å². The lowest BCUT2D eigenvalue weighted by Crippen LogP contribution is -2.29. The van der Waals surface area contributed by atoms with Gasteiger partial charge in [0.15, 0.2) is 0 Å². The average molecular weight is 256 g/mol. The molecule has 2 rings (SSSR count). The predicted octanol–water partition coefficient (Wildman–Crippen LogP) is 2.36. The Morgan fingerprint density at radius 3 is 2.05 bits per heavy atom. The molecule has 0 fully saturated rings. The zero-order valence-electron chi connectivity index (χ0n) is 10.7. The molecule has 4 heteroatoms. The predicted molar refractivity (Wildman–Crippen MR) is 74.7 cm³/mol. The van der Waals surface area contributed by atoms with Crippen molar-refractivity contribution >= 4 is 5.91 Å². The third kappa shape index (κ3) is 3.11. The first-order valence-corrected chi connectivity index (χ1v) is 6.09. The number of hydrogen-bond donors (Lipinski definition) is 2. The van der Waals surface area contributed by atoms with E-state index < -0.39 is 0 Å². The van der Waals surface area contributed by atoms with E-state index in [0.29, 0.717) is 12.2 Å². The van der Waals surface area contributed by atoms with Gasteiger partial charge in [-0.2, -0.15) is 0 Å². The molecule has 1 amide bonds. The fourth-order valence-electron chi connectivity index (χ4n) is 1.81. The third-order valence-corrected chi connectivity index (χ3v) is 2.78. The minimum atomic E-state index is -0.293. The molecule has 98 valence electrons. The summed E-state index contributed by atoms with van der Waals surface area (Å²) in [5.41, 5.74) is 4.76. The highest BCUT2D eigenvalue weighted by atomic mass is 16.5. The van der Waals surface area contributed by atoms with E-state index in [0.717, 1.165) is 16.9 Å². The Labute approximate surface area is 112 Å². The molecular formula is C15H16N2O2. The summed E-state index contributed by atoms with van der Waals surface area (Å²) in [6.07, 6.45) is 0. The van der Waals surface area contributed by atoms with Crippen LogP contribution in [0.2, 0.25) is 0 Å². The number of ether oxygens (including phenoxy) is 1. The van der Waals surface area contributed by atoms with E-state index in [1.165, 1.54) is 0 Å². The number of hydrogen-bond acceptors (Lipinski definition) is 3. The number of nitrogens with two attached hydrogens (primary N) is 1. The number of nitrogens with one attached hydrogen (secondary N) is 1. The molecule has 4 nitrogen and oxygen atoms in total. The van der Waals surface area contributed by atoms with Crippen molar-refractivity contribution in [3.63, 3.8) is 0 Å². The third-order valence-electron chi connectivity index (χ3n) is 2.78. The van der Waals surface area contributed by atoms with Crippen molar-refractivity contribution in [1.29, 1.82) is 0 Å². The Bertz CT molecular complexity index is 547. The summed E-state index contributed by atoms with van der Waals surface area (Å²) < 4.78 is 5.40. The maximum absolute atomic E-state index is 11.3. The molecule has 0 aromatic heterocycles. The topological polar surface area (TPSA) is 64.3 Å². The second-order valence-corrected chi connectivity index (χ2v) is 4.01. The van der Waals surface area contributed by atoms with Gasteiger partial charge in [-0.25, -0.2) is 5.84 Å². The van der Waals surface area contributed by atoms with Crippen LogP contribution in [0.1, 0.15) is 17.3 Å². The van der Waals surface area contributed by atoms with Crippen LogP contribution in [-0.4, -0.2) is 12.5 Å². The highest BCUT2D eigenvalue weighted by Gasteiger charge is 2.04. The fraction of sp³-hybridized carbons (Fsp3) is 0.133. The SMILES string of the molecule is CCOc1ccc(-c2ccc(C(=O)NN)cc2)cc1. The quantitative estimate of drug-likeness (QED) is 0.501. The molecule has 0 saturated carbocycles. The molecule has 0 aliphatic rings. The van der Waals surface area contributed by atoms with Gasteiger partial charge in [0.2, 0.25) is 0 Å². The first-order chi connectivity index (χ1) is 9.24. The molecular weight excluding hydrogens is 240 g/mol. The minimum Gasteiger partial charge on any atom is -0.494 e. The number of benzene rings is 2. The number of nitrogen functional groups attached to an aromatic ring is 1. The summed E-state index contributed by atoms with van der Waals surface area (Å²) in [6, 6.07) is 15.1. The van der Waals surface area contributed by atoms with E-state index in [4.69, 9.17) is 10.6 Å². The van der Waals surface area contributed by atoms with Gasteiger partial charge < -0.3 is 4.74 Å². The standard InChI is InChI=1S/C15H16N2O2/c1-2-19-14-9-7-12(8-10-14)11-3-5-13(6-4-11)15(18)17-16/h3-10H,2,16H2,1H3,(H,17,18). The van der Waals surface area contributed by atoms with E-state index in [9.17, 15) is 4.79 Å². The molecule has 3 N–H and O–H groups in total. The van der Waals surface area contributed by atoms with Gasteiger partial charge >= 0.3 is 0 Å². The molecule has 2 aromatic rings. The average Bonchev–Trinajstić information content (AvgIpc) is 2.48. The molecule has 0 spiro atoms. The number of amides is 1. The van der Waals surface area contributed by atoms with Gasteiger partial charge in [0.1, 0.15) is 5.75 Å². The zero-order chi connectivity index (χ0) is 13.7. The molecule has 0 aliphatic carbocycles. The Morgan fingerprint density at radius 1 is 1.05 bits per heavy atom. The van der Waals surface area contributed by atoms with E-state index in [2.05, 4.69) is 5.43 Å². The maximum atomic E-state index is 11.3. The number of rotatable bonds is 4. The first-order valence-electron chi connectivity index (χ1n) is 6.09. The highest BCUT2D eigenvalue weighted by molar-refractivity contribution is 5.94. The molecule has 0 heterocycles. The van der Waals surface area contributed by atoms with Crippen LogP contribution in [-0.2, 0) is 0 Å². The molecule has 0 aliphatic heterocycles. The summed E-state index contributed by atoms with van der Waals surface area (Å²) in [7, 11) is 0. The van der Waals surface area contributed by atoms with Gasteiger partial charge in [-0.3, -0.25) is 10.2 Å². The first kappa shape index (κ1) is 13.1. The summed E-state index contributed by atoms with van der Waals surface area (Å²) >= 11 is 0. The molecule has 0 atom stereocenters. The van der Waals surface area contributed by atoms with Crippen molar-refractivity contribution in [2.75, 3.05) is 6.61 Å². The lowest BCUT2D eigenvalue weighted by Gasteiger charge is -2.06. The van der Waals surface area contributed by atoms with Gasteiger partial charge in [-0.05, 0) is 42.3 Å². The Hall–Kier alpha value is -2.33. The van der Waals surface area contributed by atoms with Crippen LogP contribution in [0.15, 0.2) is 48.5 Å². The lowest BCUT2D eigenvalue weighted by atomic mass is 10.0. The van der Waals surface area contributed by atoms with Crippen LogP contribution in [0.3, 0.4) is 0 Å². The van der Waals surface area contributed by atoms with E-state index in [1.807, 2.05) is 43.3 Å². The number of carbonyl (C=O) groups is 1. The van der Waals surface area contributed by atoms with Crippen LogP contribution in [0.5, 0.6) is 5.75 Å². The molecule has 0 radical (unpaired) electrons. The summed E-state index contributed by atoms with van der Waals surface area (Å²) in [4.78, 5) is 11.3. The second kappa shape index (κ2) is 6.02. The molecule has 0 unspecified atom stereocenters. The van der Waals surface area contributed by atoms with Crippen LogP contribution in [0.4, 0.5) is 0 Å². The Morgan fingerprint density at radius 2 is 1.58 bits per heavy atom. The van der Waals surface area contributed by atoms with Crippen molar-refractivity contribution < 1.29 is 9.53 Å². The fourth-order valence-corrected chi connectivity index (χ4v) is 1.81. The van der Waals surface area contributed by atoms with Crippen LogP contribution >= 0.6 is 0 Å². The summed E-state index contributed by atoms with van der Waals surface area (Å²) in [5, 5.41) is 0. The van der Waals surface area contributed by atoms with Crippen molar-refractivity contribution in [3.05, 3.63) is 54.1 Å². The van der Waals surface area contributed by atoms with E-state index >= 15 is 0 Å². The van der Waals surface area contributed by atoms with E-state index in [-0.39, 0.29) is 5.91 Å². The molecule has 19 heavy (non-hydrogen) atoms. The second-order valence-electron chi connectivity index (χ2n) is 4.01. The maximum Gasteiger partial charge on any atom is 0.265 e. The van der Waals surface area contributed by atoms with Crippen LogP contribution in [0, 0.1) is 0 Å². The highest BCUT2D eigenvalue weighted by Crippen LogP contribution is 2.22. The van der Waals surface area contributed by atoms with Crippen LogP contribution in [0.25, 0.3) is 11.1 Å². The van der Waals surface area contributed by atoms with Crippen molar-refractivity contribution in [1.82, 2.24) is 5.43 Å². The van der Waals surface area contributed by atoms with Gasteiger partial charge in [0, 0.05) is 5.56 Å². The summed E-state index contributed by atoms with van der Waals surface area (Å²) in [5.74, 6) is 5.64. The van der Waals surface area contributed by atoms with Crippen molar-refractivity contribution in [2.24, 2.45) is 5.84 Å². The van der Waals surface area contributed by atoms with Gasteiger partial charge in [0.05, 0.1) is 6.61 Å². The van der Waals surface area contributed by atoms with Crippen LogP contribution < -0.4 is 16.0 Å². The molecule has 2 aromatic carbocycles. The number of carbonyl (C=O) groups excluding carboxylic acids is 1. The summed E-state index contributed by atoms with van der Waals surface area (Å²) in [6.45, 7) is 2.61. The minimum absolute atomic E-state index is 0.293. The molecule has 0 saturated heterocycles. The van der Waals surface area contributed by atoms with Crippen molar-refractivity contribution in [2.45, 2.75) is 6.92 Å². The largest absolute Gasteiger partial charge is 0.494 e. The van der Waals surface area contributed by atoms with Crippen molar-refractivity contribution in [3.8, 4) is 16.9 Å². The Kier molecular flexibility index (Phi) is 4.15. The van der Waals surface area contributed by atoms with Gasteiger partial charge in [-0.15, -0.1) is 0 Å². The Balaban J connectivity index is 2.19. The smallest absolute Gasteiger partial charge is 0.265 e. The number of hydrazine groups is 1. The van der Waals surface area contributed by atoms with E-state index in [1.54, 1.807) is 12.1 Å². The monoisotopic (exact) mass is 256 g/mol. The zero-order valence-corrected chi connectivity index (χ0v) is 10.7. The normalized spacial score (nSPS) is 10.0.